The number of hydrogen-bond donors (Lipinski definition) is 0. The van der Waals surface area contributed by atoms with Crippen LogP contribution in [0.15, 0.2) is 0 Å². The third kappa shape index (κ3) is 8.86. The summed E-state index contributed by atoms with van der Waals surface area (Å²) < 4.78 is 13.8. The van der Waals surface area contributed by atoms with Gasteiger partial charge in [-0.2, -0.15) is 0 Å². The van der Waals surface area contributed by atoms with Gasteiger partial charge in [0.05, 0.1) is 6.61 Å². The summed E-state index contributed by atoms with van der Waals surface area (Å²) >= 11 is 0. The molecule has 0 N–H and O–H groups in total. The van der Waals surface area contributed by atoms with E-state index in [-0.39, 0.29) is 21.7 Å². The van der Waals surface area contributed by atoms with Crippen molar-refractivity contribution in [3.8, 4) is 0 Å². The number of rotatable bonds is 2. The third-order valence-electron chi connectivity index (χ3n) is 0.235. The molecule has 4 heteroatoms. The quantitative estimate of drug-likeness (QED) is 0.418. The number of hydrogen-bond acceptors (Lipinski definition) is 2. The topological polar surface area (TPSA) is 26.3 Å². The molecule has 2 nitrogen and oxygen atoms in total. The zero-order valence-electron chi connectivity index (χ0n) is 3.60. The van der Waals surface area contributed by atoms with Crippen molar-refractivity contribution in [3.05, 3.63) is 0 Å². The maximum atomic E-state index is 9.39. The second-order valence-electron chi connectivity index (χ2n) is 0.552. The molecule has 0 heterocycles. The van der Waals surface area contributed by atoms with Crippen LogP contribution in [0.5, 0.6) is 0 Å². The van der Waals surface area contributed by atoms with E-state index in [1.807, 2.05) is 6.92 Å². The Kier molecular flexibility index (Phi) is 15.5. The van der Waals surface area contributed by atoms with Gasteiger partial charge in [-0.1, -0.05) is 0 Å². The van der Waals surface area contributed by atoms with Crippen molar-refractivity contribution in [2.24, 2.45) is 0 Å². The summed E-state index contributed by atoms with van der Waals surface area (Å²) in [6.45, 7) is 2.38. The smallest absolute Gasteiger partial charge is 0.179 e. The normalized spacial score (nSPS) is 8.83. The van der Waals surface area contributed by atoms with E-state index in [2.05, 4.69) is 4.52 Å². The minimum atomic E-state index is -0.964. The van der Waals surface area contributed by atoms with Crippen LogP contribution in [0.1, 0.15) is 6.92 Å². The minimum Gasteiger partial charge on any atom is -0.333 e. The van der Waals surface area contributed by atoms with Crippen LogP contribution < -0.4 is 0 Å². The summed E-state index contributed by atoms with van der Waals surface area (Å²) in [6.07, 6.45) is 0. The van der Waals surface area contributed by atoms with Gasteiger partial charge in [-0.05, 0) is 6.92 Å². The van der Waals surface area contributed by atoms with Gasteiger partial charge in [0.1, 0.15) is 0 Å². The predicted molar refractivity (Wildman–Crippen MR) is 22.0 cm³/mol. The Morgan fingerprint density at radius 3 is 2.33 bits per heavy atom. The molecule has 0 saturated heterocycles. The Balaban J connectivity index is 0. The fraction of sp³-hybridized carbons (Fsp3) is 1.00. The Morgan fingerprint density at radius 2 is 2.33 bits per heavy atom. The van der Waals surface area contributed by atoms with Crippen molar-refractivity contribution in [2.75, 3.05) is 6.61 Å². The van der Waals surface area contributed by atoms with Gasteiger partial charge in [0.2, 0.25) is 0 Å². The molecule has 0 aliphatic rings. The SMILES string of the molecule is CCO[PH2]=O.[Ti]. The monoisotopic (exact) mass is 142 g/mol. The van der Waals surface area contributed by atoms with Crippen LogP contribution in [-0.4, -0.2) is 6.61 Å². The molecule has 36 valence electrons. The molecule has 0 amide bonds. The van der Waals surface area contributed by atoms with E-state index in [1.165, 1.54) is 0 Å². The molecule has 0 aromatic heterocycles. The van der Waals surface area contributed by atoms with Gasteiger partial charge in [0.25, 0.3) is 0 Å². The second-order valence-corrected chi connectivity index (χ2v) is 1.08. The predicted octanol–water partition coefficient (Wildman–Crippen LogP) is 0.692. The molecular formula is C2H7O2PTi. The largest absolute Gasteiger partial charge is 0.333 e. The Bertz CT molecular complexity index is 32.7. The summed E-state index contributed by atoms with van der Waals surface area (Å²) in [4.78, 5) is 0. The molecule has 0 radical (unpaired) electrons. The van der Waals surface area contributed by atoms with Gasteiger partial charge < -0.3 is 4.52 Å². The van der Waals surface area contributed by atoms with E-state index in [1.54, 1.807) is 0 Å². The van der Waals surface area contributed by atoms with Gasteiger partial charge in [0, 0.05) is 21.7 Å². The van der Waals surface area contributed by atoms with E-state index >= 15 is 0 Å². The van der Waals surface area contributed by atoms with E-state index < -0.39 is 8.69 Å². The Hall–Kier alpha value is 0.904. The first kappa shape index (κ1) is 10.0. The van der Waals surface area contributed by atoms with Gasteiger partial charge in [-0.15, -0.1) is 0 Å². The van der Waals surface area contributed by atoms with Crippen LogP contribution in [-0.2, 0) is 30.8 Å². The van der Waals surface area contributed by atoms with Crippen LogP contribution in [0, 0.1) is 0 Å². The van der Waals surface area contributed by atoms with Gasteiger partial charge in [-0.3, -0.25) is 4.57 Å². The van der Waals surface area contributed by atoms with Crippen molar-refractivity contribution in [2.45, 2.75) is 6.92 Å². The zero-order chi connectivity index (χ0) is 4.12. The average molecular weight is 142 g/mol. The maximum absolute atomic E-state index is 9.39. The van der Waals surface area contributed by atoms with Crippen LogP contribution in [0.2, 0.25) is 0 Å². The van der Waals surface area contributed by atoms with Crippen LogP contribution in [0.3, 0.4) is 0 Å². The first-order chi connectivity index (χ1) is 2.41. The first-order valence-corrected chi connectivity index (χ1v) is 2.41. The van der Waals surface area contributed by atoms with Crippen molar-refractivity contribution in [1.29, 1.82) is 0 Å². The van der Waals surface area contributed by atoms with Gasteiger partial charge in [0.15, 0.2) is 8.69 Å². The van der Waals surface area contributed by atoms with Crippen molar-refractivity contribution < 1.29 is 30.8 Å². The molecule has 0 spiro atoms. The van der Waals surface area contributed by atoms with Gasteiger partial charge in [-0.25, -0.2) is 0 Å². The minimum absolute atomic E-state index is 0. The van der Waals surface area contributed by atoms with Gasteiger partial charge >= 0.3 is 0 Å². The molecule has 0 aromatic rings. The fourth-order valence-electron chi connectivity index (χ4n) is 0.0680. The first-order valence-electron chi connectivity index (χ1n) is 1.47. The Labute approximate surface area is 53.4 Å². The molecule has 0 bridgehead atoms. The van der Waals surface area contributed by atoms with E-state index in [0.717, 1.165) is 0 Å². The summed E-state index contributed by atoms with van der Waals surface area (Å²) in [7, 11) is -0.964. The standard InChI is InChI=1S/C2H7O2P.Ti/c1-2-4-5-3;/h2,5H2,1H3;. The summed E-state index contributed by atoms with van der Waals surface area (Å²) in [5.74, 6) is 0. The third-order valence-corrected chi connectivity index (χ3v) is 0.704. The molecular weight excluding hydrogens is 135 g/mol. The Morgan fingerprint density at radius 1 is 1.83 bits per heavy atom. The second kappa shape index (κ2) is 9.32. The molecule has 1 unspecified atom stereocenters. The van der Waals surface area contributed by atoms with E-state index in [4.69, 9.17) is 0 Å². The molecule has 0 aromatic carbocycles. The summed E-state index contributed by atoms with van der Waals surface area (Å²) in [5, 5.41) is 0. The molecule has 0 aliphatic carbocycles. The summed E-state index contributed by atoms with van der Waals surface area (Å²) in [5.41, 5.74) is 0. The molecule has 0 fully saturated rings. The van der Waals surface area contributed by atoms with Crippen LogP contribution in [0.4, 0.5) is 0 Å². The van der Waals surface area contributed by atoms with Crippen LogP contribution >= 0.6 is 8.69 Å². The molecule has 1 atom stereocenters. The van der Waals surface area contributed by atoms with E-state index in [0.29, 0.717) is 6.61 Å². The fourth-order valence-corrected chi connectivity index (χ4v) is 0.204. The maximum Gasteiger partial charge on any atom is 0.179 e. The van der Waals surface area contributed by atoms with Crippen LogP contribution in [0.25, 0.3) is 0 Å². The van der Waals surface area contributed by atoms with Crippen molar-refractivity contribution >= 4 is 8.69 Å². The average Bonchev–Trinajstić information content (AvgIpc) is 1.41. The zero-order valence-corrected chi connectivity index (χ0v) is 6.32. The van der Waals surface area contributed by atoms with Crippen molar-refractivity contribution in [3.63, 3.8) is 0 Å². The molecule has 0 aliphatic heterocycles. The molecule has 6 heavy (non-hydrogen) atoms. The van der Waals surface area contributed by atoms with E-state index in [9.17, 15) is 4.57 Å². The molecule has 0 rings (SSSR count). The van der Waals surface area contributed by atoms with Crippen molar-refractivity contribution in [1.82, 2.24) is 0 Å². The molecule has 0 saturated carbocycles. The summed E-state index contributed by atoms with van der Waals surface area (Å²) in [6, 6.07) is 0.